The lowest BCUT2D eigenvalue weighted by molar-refractivity contribution is -0.386. The monoisotopic (exact) mass is 413 g/mol. The van der Waals surface area contributed by atoms with E-state index in [1.807, 2.05) is 0 Å². The first-order valence-corrected chi connectivity index (χ1v) is 8.50. The molecule has 0 atom stereocenters. The summed E-state index contributed by atoms with van der Waals surface area (Å²) in [6, 6.07) is 10.5. The average molecular weight is 413 g/mol. The number of carbonyl (C=O) groups excluding carboxylic acids is 1. The van der Waals surface area contributed by atoms with Crippen molar-refractivity contribution in [1.82, 2.24) is 0 Å². The topological polar surface area (TPSA) is 158 Å². The van der Waals surface area contributed by atoms with E-state index in [4.69, 9.17) is 9.15 Å². The van der Waals surface area contributed by atoms with Crippen LogP contribution in [0.15, 0.2) is 52.9 Å². The van der Waals surface area contributed by atoms with E-state index in [-0.39, 0.29) is 46.7 Å². The summed E-state index contributed by atoms with van der Waals surface area (Å²) in [7, 11) is 0. The fourth-order valence-corrected chi connectivity index (χ4v) is 2.54. The predicted molar refractivity (Wildman–Crippen MR) is 104 cm³/mol. The van der Waals surface area contributed by atoms with Crippen molar-refractivity contribution in [3.8, 4) is 11.5 Å². The third-order valence-corrected chi connectivity index (χ3v) is 4.01. The fraction of sp³-hybridized carbons (Fsp3) is 0.105. The van der Waals surface area contributed by atoms with Crippen LogP contribution in [0, 0.1) is 27.2 Å². The molecule has 154 valence electrons. The molecule has 30 heavy (non-hydrogen) atoms. The summed E-state index contributed by atoms with van der Waals surface area (Å²) in [4.78, 5) is 33.0. The van der Waals surface area contributed by atoms with E-state index in [0.717, 1.165) is 18.2 Å². The molecule has 0 aliphatic rings. The van der Waals surface area contributed by atoms with Crippen molar-refractivity contribution in [3.05, 3.63) is 85.8 Å². The molecule has 1 amide bonds. The number of hydrogen-bond donors (Lipinski definition) is 2. The number of furan rings is 1. The quantitative estimate of drug-likeness (QED) is 0.335. The number of carbonyl (C=O) groups is 1. The number of ether oxygens (including phenoxy) is 1. The number of nitro benzene ring substituents is 2. The maximum absolute atomic E-state index is 12.3. The van der Waals surface area contributed by atoms with Crippen LogP contribution in [0.25, 0.3) is 0 Å². The van der Waals surface area contributed by atoms with Gasteiger partial charge in [0.2, 0.25) is 0 Å². The summed E-state index contributed by atoms with van der Waals surface area (Å²) < 4.78 is 10.8. The minimum absolute atomic E-state index is 0.0505. The number of benzene rings is 2. The third-order valence-electron chi connectivity index (χ3n) is 4.01. The Morgan fingerprint density at radius 2 is 1.87 bits per heavy atom. The number of nitrogens with one attached hydrogen (secondary N) is 1. The van der Waals surface area contributed by atoms with Crippen molar-refractivity contribution in [3.63, 3.8) is 0 Å². The first-order valence-electron chi connectivity index (χ1n) is 8.50. The van der Waals surface area contributed by atoms with Crippen molar-refractivity contribution >= 4 is 23.0 Å². The van der Waals surface area contributed by atoms with E-state index in [0.29, 0.717) is 5.56 Å². The summed E-state index contributed by atoms with van der Waals surface area (Å²) in [5.41, 5.74) is 0.0473. The Hall–Kier alpha value is -4.41. The Bertz CT molecular complexity index is 1140. The van der Waals surface area contributed by atoms with Crippen molar-refractivity contribution < 1.29 is 28.9 Å². The summed E-state index contributed by atoms with van der Waals surface area (Å²) >= 11 is 0. The normalized spacial score (nSPS) is 10.4. The van der Waals surface area contributed by atoms with Gasteiger partial charge in [-0.3, -0.25) is 25.0 Å². The number of nitro groups is 2. The van der Waals surface area contributed by atoms with Crippen LogP contribution < -0.4 is 10.1 Å². The van der Waals surface area contributed by atoms with Crippen LogP contribution in [0.5, 0.6) is 11.5 Å². The zero-order chi connectivity index (χ0) is 21.8. The zero-order valence-electron chi connectivity index (χ0n) is 15.5. The molecule has 0 aliphatic heterocycles. The van der Waals surface area contributed by atoms with Crippen molar-refractivity contribution in [2.75, 3.05) is 5.32 Å². The van der Waals surface area contributed by atoms with Gasteiger partial charge in [0.15, 0.2) is 11.5 Å². The van der Waals surface area contributed by atoms with E-state index in [9.17, 15) is 30.1 Å². The smallest absolute Gasteiger partial charge is 0.311 e. The third kappa shape index (κ3) is 4.52. The zero-order valence-corrected chi connectivity index (χ0v) is 15.5. The Labute approximate surface area is 168 Å². The van der Waals surface area contributed by atoms with Gasteiger partial charge in [-0.05, 0) is 36.8 Å². The second-order valence-corrected chi connectivity index (χ2v) is 6.20. The summed E-state index contributed by atoms with van der Waals surface area (Å²) in [5.74, 6) is -0.972. The van der Waals surface area contributed by atoms with Crippen LogP contribution in [0.1, 0.15) is 21.9 Å². The second-order valence-electron chi connectivity index (χ2n) is 6.20. The van der Waals surface area contributed by atoms with Gasteiger partial charge in [0.05, 0.1) is 15.5 Å². The van der Waals surface area contributed by atoms with Crippen LogP contribution in [-0.4, -0.2) is 20.9 Å². The van der Waals surface area contributed by atoms with Crippen LogP contribution in [-0.2, 0) is 6.61 Å². The molecule has 0 saturated heterocycles. The number of non-ortho nitro benzene ring substituents is 1. The molecule has 0 saturated carbocycles. The Morgan fingerprint density at radius 3 is 2.57 bits per heavy atom. The number of hydrogen-bond acceptors (Lipinski definition) is 8. The van der Waals surface area contributed by atoms with Crippen molar-refractivity contribution in [2.24, 2.45) is 0 Å². The lowest BCUT2D eigenvalue weighted by Gasteiger charge is -2.06. The van der Waals surface area contributed by atoms with Gasteiger partial charge in [-0.25, -0.2) is 0 Å². The molecule has 2 N–H and O–H groups in total. The number of phenols is 1. The molecular formula is C19H15N3O8. The minimum atomic E-state index is -0.752. The number of nitrogens with zero attached hydrogens (tertiary/aromatic N) is 2. The molecule has 0 spiro atoms. The summed E-state index contributed by atoms with van der Waals surface area (Å²) in [5, 5.41) is 34.1. The number of anilines is 1. The lowest BCUT2D eigenvalue weighted by Crippen LogP contribution is -2.11. The van der Waals surface area contributed by atoms with Crippen molar-refractivity contribution in [2.45, 2.75) is 13.5 Å². The first kappa shape index (κ1) is 20.3. The molecule has 0 aliphatic carbocycles. The van der Waals surface area contributed by atoms with Gasteiger partial charge in [-0.1, -0.05) is 6.07 Å². The molecule has 11 heteroatoms. The first-order chi connectivity index (χ1) is 14.2. The van der Waals surface area contributed by atoms with Crippen LogP contribution in [0.4, 0.5) is 17.1 Å². The van der Waals surface area contributed by atoms with Gasteiger partial charge in [-0.2, -0.15) is 0 Å². The summed E-state index contributed by atoms with van der Waals surface area (Å²) in [6.07, 6.45) is 0. The van der Waals surface area contributed by atoms with Crippen LogP contribution in [0.2, 0.25) is 0 Å². The molecule has 3 rings (SSSR count). The van der Waals surface area contributed by atoms with Crippen LogP contribution in [0.3, 0.4) is 0 Å². The number of aromatic hydroxyl groups is 1. The van der Waals surface area contributed by atoms with Crippen LogP contribution >= 0.6 is 0 Å². The molecular weight excluding hydrogens is 398 g/mol. The number of amides is 1. The van der Waals surface area contributed by atoms with E-state index in [2.05, 4.69) is 5.32 Å². The minimum Gasteiger partial charge on any atom is -0.506 e. The molecule has 1 aromatic heterocycles. The van der Waals surface area contributed by atoms with E-state index in [1.165, 1.54) is 24.3 Å². The molecule has 0 radical (unpaired) electrons. The highest BCUT2D eigenvalue weighted by Gasteiger charge is 2.18. The highest BCUT2D eigenvalue weighted by Crippen LogP contribution is 2.30. The highest BCUT2D eigenvalue weighted by atomic mass is 16.6. The van der Waals surface area contributed by atoms with E-state index < -0.39 is 15.8 Å². The molecule has 0 unspecified atom stereocenters. The standard InChI is InChI=1S/C19H15N3O8/c1-11-2-6-17(15(8-11)22(27)28)29-10-13-4-7-18(30-13)19(24)20-14-9-12(21(25)26)3-5-16(14)23/h2-9,23H,10H2,1H3,(H,20,24). The molecule has 3 aromatic rings. The fourth-order valence-electron chi connectivity index (χ4n) is 2.54. The van der Waals surface area contributed by atoms with Gasteiger partial charge in [0.1, 0.15) is 18.1 Å². The molecule has 11 nitrogen and oxygen atoms in total. The SMILES string of the molecule is Cc1ccc(OCc2ccc(C(=O)Nc3cc([N+](=O)[O-])ccc3O)o2)c([N+](=O)[O-])c1. The molecule has 0 fully saturated rings. The number of aryl methyl sites for hydroxylation is 1. The van der Waals surface area contributed by atoms with E-state index >= 15 is 0 Å². The largest absolute Gasteiger partial charge is 0.506 e. The number of rotatable bonds is 7. The number of phenolic OH excluding ortho intramolecular Hbond substituents is 1. The molecule has 0 bridgehead atoms. The van der Waals surface area contributed by atoms with Gasteiger partial charge in [0, 0.05) is 18.2 Å². The maximum Gasteiger partial charge on any atom is 0.311 e. The van der Waals surface area contributed by atoms with Gasteiger partial charge in [-0.15, -0.1) is 0 Å². The molecule has 2 aromatic carbocycles. The molecule has 1 heterocycles. The second kappa shape index (κ2) is 8.31. The maximum atomic E-state index is 12.3. The van der Waals surface area contributed by atoms with E-state index in [1.54, 1.807) is 13.0 Å². The van der Waals surface area contributed by atoms with Gasteiger partial charge in [0.25, 0.3) is 11.6 Å². The highest BCUT2D eigenvalue weighted by molar-refractivity contribution is 6.03. The van der Waals surface area contributed by atoms with Gasteiger partial charge >= 0.3 is 5.69 Å². The summed E-state index contributed by atoms with van der Waals surface area (Å²) in [6.45, 7) is 1.55. The lowest BCUT2D eigenvalue weighted by atomic mass is 10.2. The van der Waals surface area contributed by atoms with Gasteiger partial charge < -0.3 is 19.6 Å². The Morgan fingerprint density at radius 1 is 1.10 bits per heavy atom. The Balaban J connectivity index is 1.70. The van der Waals surface area contributed by atoms with Crippen molar-refractivity contribution in [1.29, 1.82) is 0 Å². The predicted octanol–water partition coefficient (Wildman–Crippen LogP) is 3.94. The average Bonchev–Trinajstić information content (AvgIpc) is 3.17. The Kier molecular flexibility index (Phi) is 5.63.